The average Bonchev–Trinajstić information content (AvgIpc) is 3.51. The van der Waals surface area contributed by atoms with E-state index >= 15 is 0 Å². The fourth-order valence-corrected chi connectivity index (χ4v) is 4.80. The van der Waals surface area contributed by atoms with Crippen molar-refractivity contribution >= 4 is 30.9 Å². The Morgan fingerprint density at radius 2 is 1.97 bits per heavy atom. The van der Waals surface area contributed by atoms with Gasteiger partial charge < -0.3 is 29.0 Å². The first-order valence-corrected chi connectivity index (χ1v) is 13.2. The molecule has 36 heavy (non-hydrogen) atoms. The molecule has 1 aliphatic rings. The van der Waals surface area contributed by atoms with Crippen molar-refractivity contribution in [3.63, 3.8) is 0 Å². The summed E-state index contributed by atoms with van der Waals surface area (Å²) >= 11 is 0. The second kappa shape index (κ2) is 12.1. The SMILES string of the molecule is Nc1nc2c(ncn2CCOCP(=O)(OCOC(=O)OC2CCCC2)OCc2ccccc2)c(=O)[nH]1. The van der Waals surface area contributed by atoms with E-state index in [9.17, 15) is 14.2 Å². The lowest BCUT2D eigenvalue weighted by atomic mass is 10.2. The predicted molar refractivity (Wildman–Crippen MR) is 128 cm³/mol. The Morgan fingerprint density at radius 3 is 2.75 bits per heavy atom. The number of carbonyl (C=O) groups is 1. The number of aromatic nitrogens is 4. The maximum Gasteiger partial charge on any atom is 0.510 e. The summed E-state index contributed by atoms with van der Waals surface area (Å²) in [7, 11) is -3.82. The number of nitrogens with zero attached hydrogens (tertiary/aromatic N) is 3. The molecule has 2 aromatic heterocycles. The van der Waals surface area contributed by atoms with Crippen LogP contribution in [0.2, 0.25) is 0 Å². The largest absolute Gasteiger partial charge is 0.510 e. The number of aromatic amines is 1. The van der Waals surface area contributed by atoms with Gasteiger partial charge in [-0.05, 0) is 31.2 Å². The Kier molecular flexibility index (Phi) is 8.70. The molecule has 4 rings (SSSR count). The van der Waals surface area contributed by atoms with Crippen LogP contribution in [0.4, 0.5) is 10.7 Å². The zero-order chi connectivity index (χ0) is 25.4. The number of nitrogens with one attached hydrogen (secondary N) is 1. The molecule has 1 saturated carbocycles. The van der Waals surface area contributed by atoms with Crippen LogP contribution in [-0.4, -0.2) is 51.5 Å². The Bertz CT molecular complexity index is 1260. The van der Waals surface area contributed by atoms with Crippen molar-refractivity contribution in [2.75, 3.05) is 25.5 Å². The third-order valence-electron chi connectivity index (χ3n) is 5.48. The van der Waals surface area contributed by atoms with Gasteiger partial charge in [-0.25, -0.2) is 9.78 Å². The minimum atomic E-state index is -3.82. The van der Waals surface area contributed by atoms with Crippen LogP contribution in [0.15, 0.2) is 41.5 Å². The fourth-order valence-electron chi connectivity index (χ4n) is 3.66. The number of H-pyrrole nitrogens is 1. The van der Waals surface area contributed by atoms with Gasteiger partial charge in [0.1, 0.15) is 12.5 Å². The summed E-state index contributed by atoms with van der Waals surface area (Å²) in [5, 5.41) is 0. The first-order valence-electron chi connectivity index (χ1n) is 11.5. The molecule has 2 heterocycles. The molecule has 3 N–H and O–H groups in total. The van der Waals surface area contributed by atoms with Crippen molar-refractivity contribution in [1.82, 2.24) is 19.5 Å². The average molecular weight is 521 g/mol. The van der Waals surface area contributed by atoms with Gasteiger partial charge in [-0.1, -0.05) is 30.3 Å². The van der Waals surface area contributed by atoms with E-state index in [1.54, 1.807) is 4.57 Å². The first kappa shape index (κ1) is 25.8. The molecular formula is C22H28N5O8P. The highest BCUT2D eigenvalue weighted by Gasteiger charge is 2.27. The van der Waals surface area contributed by atoms with E-state index in [0.717, 1.165) is 31.2 Å². The molecule has 1 unspecified atom stereocenters. The van der Waals surface area contributed by atoms with Crippen LogP contribution in [-0.2, 0) is 41.0 Å². The van der Waals surface area contributed by atoms with Gasteiger partial charge in [0.25, 0.3) is 5.56 Å². The number of nitrogens with two attached hydrogens (primary N) is 1. The molecule has 0 spiro atoms. The van der Waals surface area contributed by atoms with Gasteiger partial charge in [0, 0.05) is 6.54 Å². The monoisotopic (exact) mass is 521 g/mol. The summed E-state index contributed by atoms with van der Waals surface area (Å²) in [5.41, 5.74) is 6.38. The number of rotatable bonds is 12. The molecule has 13 nitrogen and oxygen atoms in total. The summed E-state index contributed by atoms with van der Waals surface area (Å²) in [6.07, 6.45) is 3.58. The van der Waals surface area contributed by atoms with Crippen LogP contribution in [0.5, 0.6) is 0 Å². The zero-order valence-electron chi connectivity index (χ0n) is 19.5. The molecule has 14 heteroatoms. The highest BCUT2D eigenvalue weighted by Crippen LogP contribution is 2.49. The molecule has 1 aliphatic carbocycles. The van der Waals surface area contributed by atoms with Crippen molar-refractivity contribution < 1.29 is 32.6 Å². The highest BCUT2D eigenvalue weighted by atomic mass is 31.2. The number of fused-ring (bicyclic) bond motifs is 1. The molecule has 194 valence electrons. The van der Waals surface area contributed by atoms with Crippen molar-refractivity contribution in [2.45, 2.75) is 44.9 Å². The van der Waals surface area contributed by atoms with Crippen LogP contribution in [0, 0.1) is 0 Å². The molecule has 1 atom stereocenters. The lowest BCUT2D eigenvalue weighted by Gasteiger charge is -2.19. The summed E-state index contributed by atoms with van der Waals surface area (Å²) in [6, 6.07) is 9.12. The Balaban J connectivity index is 1.31. The smallest absolute Gasteiger partial charge is 0.431 e. The third kappa shape index (κ3) is 7.14. The first-order chi connectivity index (χ1) is 17.4. The predicted octanol–water partition coefficient (Wildman–Crippen LogP) is 3.16. The number of ether oxygens (including phenoxy) is 3. The number of nitrogen functional groups attached to an aromatic ring is 1. The van der Waals surface area contributed by atoms with Crippen LogP contribution >= 0.6 is 7.60 Å². The van der Waals surface area contributed by atoms with Gasteiger partial charge in [-0.2, -0.15) is 4.98 Å². The Hall–Kier alpha value is -3.25. The molecule has 0 amide bonds. The maximum absolute atomic E-state index is 13.3. The molecule has 1 fully saturated rings. The van der Waals surface area contributed by atoms with Crippen LogP contribution < -0.4 is 11.3 Å². The lowest BCUT2D eigenvalue weighted by molar-refractivity contribution is -0.0211. The highest BCUT2D eigenvalue weighted by molar-refractivity contribution is 7.53. The van der Waals surface area contributed by atoms with E-state index in [1.165, 1.54) is 6.33 Å². The van der Waals surface area contributed by atoms with Gasteiger partial charge in [-0.3, -0.25) is 18.9 Å². The molecule has 0 saturated heterocycles. The summed E-state index contributed by atoms with van der Waals surface area (Å²) in [5.74, 6) is -0.0335. The van der Waals surface area contributed by atoms with E-state index in [1.807, 2.05) is 30.3 Å². The number of hydrogen-bond acceptors (Lipinski definition) is 11. The van der Waals surface area contributed by atoms with E-state index in [-0.39, 0.29) is 37.3 Å². The summed E-state index contributed by atoms with van der Waals surface area (Å²) in [6.45, 7) is -0.285. The fraction of sp³-hybridized carbons (Fsp3) is 0.455. The van der Waals surface area contributed by atoms with Crippen LogP contribution in [0.1, 0.15) is 31.2 Å². The maximum atomic E-state index is 13.3. The lowest BCUT2D eigenvalue weighted by Crippen LogP contribution is -2.17. The standard InChI is InChI=1S/C22H28N5O8P/c23-21-25-19-18(20(28)26-21)24-13-27(19)10-11-31-15-36(30,33-12-16-6-2-1-3-7-16)34-14-32-22(29)35-17-8-4-5-9-17/h1-3,6-7,13,17H,4-5,8-12,14-15H2,(H3,23,25,26,28). The van der Waals surface area contributed by atoms with Crippen molar-refractivity contribution in [3.8, 4) is 0 Å². The quantitative estimate of drug-likeness (QED) is 0.155. The number of carbonyl (C=O) groups excluding carboxylic acids is 1. The topological polar surface area (TPSA) is 170 Å². The van der Waals surface area contributed by atoms with Crippen LogP contribution in [0.3, 0.4) is 0 Å². The van der Waals surface area contributed by atoms with Gasteiger partial charge >= 0.3 is 13.8 Å². The normalized spacial score (nSPS) is 15.7. The van der Waals surface area contributed by atoms with Crippen LogP contribution in [0.25, 0.3) is 11.2 Å². The second-order valence-electron chi connectivity index (χ2n) is 8.13. The molecule has 3 aromatic rings. The van der Waals surface area contributed by atoms with Crippen molar-refractivity contribution in [2.24, 2.45) is 0 Å². The van der Waals surface area contributed by atoms with E-state index in [4.69, 9.17) is 29.0 Å². The van der Waals surface area contributed by atoms with E-state index < -0.39 is 32.5 Å². The number of benzene rings is 1. The Labute approximate surface area is 206 Å². The Morgan fingerprint density at radius 1 is 1.19 bits per heavy atom. The number of imidazole rings is 1. The second-order valence-corrected chi connectivity index (χ2v) is 10.1. The minimum absolute atomic E-state index is 0.00608. The number of anilines is 1. The molecular weight excluding hydrogens is 493 g/mol. The summed E-state index contributed by atoms with van der Waals surface area (Å²) in [4.78, 5) is 34.3. The zero-order valence-corrected chi connectivity index (χ0v) is 20.4. The van der Waals surface area contributed by atoms with E-state index in [0.29, 0.717) is 5.65 Å². The van der Waals surface area contributed by atoms with Crippen molar-refractivity contribution in [1.29, 1.82) is 0 Å². The number of hydrogen-bond donors (Lipinski definition) is 2. The minimum Gasteiger partial charge on any atom is -0.431 e. The van der Waals surface area contributed by atoms with E-state index in [2.05, 4.69) is 15.0 Å². The van der Waals surface area contributed by atoms with Gasteiger partial charge in [0.2, 0.25) is 12.7 Å². The molecule has 0 bridgehead atoms. The van der Waals surface area contributed by atoms with Gasteiger partial charge in [0.05, 0.1) is 19.5 Å². The molecule has 0 aliphatic heterocycles. The third-order valence-corrected chi connectivity index (χ3v) is 7.00. The van der Waals surface area contributed by atoms with Crippen molar-refractivity contribution in [3.05, 3.63) is 52.6 Å². The molecule has 1 aromatic carbocycles. The van der Waals surface area contributed by atoms with Gasteiger partial charge in [0.15, 0.2) is 11.2 Å². The van der Waals surface area contributed by atoms with Gasteiger partial charge in [-0.15, -0.1) is 0 Å². The molecule has 0 radical (unpaired) electrons. The summed E-state index contributed by atoms with van der Waals surface area (Å²) < 4.78 is 41.4.